The highest BCUT2D eigenvalue weighted by Crippen LogP contribution is 2.11. The molecule has 0 saturated heterocycles. The zero-order valence-electron chi connectivity index (χ0n) is 6.13. The van der Waals surface area contributed by atoms with Gasteiger partial charge in [-0.1, -0.05) is 6.92 Å². The summed E-state index contributed by atoms with van der Waals surface area (Å²) in [6.07, 6.45) is 0.746. The van der Waals surface area contributed by atoms with Crippen molar-refractivity contribution in [1.29, 1.82) is 0 Å². The molecule has 3 nitrogen and oxygen atoms in total. The minimum absolute atomic E-state index is 0.385. The zero-order chi connectivity index (χ0) is 8.43. The lowest BCUT2D eigenvalue weighted by Gasteiger charge is -2.03. The van der Waals surface area contributed by atoms with Crippen LogP contribution in [0.5, 0.6) is 0 Å². The van der Waals surface area contributed by atoms with Crippen LogP contribution in [-0.2, 0) is 6.42 Å². The number of nitrogen functional groups attached to an aromatic ring is 1. The SMILES string of the molecule is [B]c1nc(Br)c(N)nc1CC. The fourth-order valence-electron chi connectivity index (χ4n) is 0.737. The second-order valence-corrected chi connectivity index (χ2v) is 2.84. The minimum atomic E-state index is 0.385. The maximum atomic E-state index is 5.54. The van der Waals surface area contributed by atoms with Crippen LogP contribution in [0, 0.1) is 0 Å². The van der Waals surface area contributed by atoms with Gasteiger partial charge in [0.15, 0.2) is 5.82 Å². The van der Waals surface area contributed by atoms with E-state index in [9.17, 15) is 0 Å². The van der Waals surface area contributed by atoms with E-state index in [2.05, 4.69) is 25.9 Å². The lowest BCUT2D eigenvalue weighted by atomic mass is 10.0. The van der Waals surface area contributed by atoms with Crippen LogP contribution in [0.15, 0.2) is 4.60 Å². The Bertz CT molecular complexity index is 277. The fraction of sp³-hybridized carbons (Fsp3) is 0.333. The van der Waals surface area contributed by atoms with E-state index in [1.54, 1.807) is 0 Å². The van der Waals surface area contributed by atoms with Gasteiger partial charge in [-0.05, 0) is 22.4 Å². The van der Waals surface area contributed by atoms with Crippen molar-refractivity contribution in [2.24, 2.45) is 0 Å². The minimum Gasteiger partial charge on any atom is -0.381 e. The van der Waals surface area contributed by atoms with Gasteiger partial charge in [0.05, 0.1) is 5.69 Å². The van der Waals surface area contributed by atoms with Gasteiger partial charge in [-0.15, -0.1) is 0 Å². The first kappa shape index (κ1) is 8.52. The number of nitrogens with zero attached hydrogens (tertiary/aromatic N) is 2. The Morgan fingerprint density at radius 1 is 1.55 bits per heavy atom. The van der Waals surface area contributed by atoms with Crippen LogP contribution in [0.3, 0.4) is 0 Å². The van der Waals surface area contributed by atoms with E-state index < -0.39 is 0 Å². The van der Waals surface area contributed by atoms with Crippen LogP contribution in [0.4, 0.5) is 5.82 Å². The molecule has 0 atom stereocenters. The Morgan fingerprint density at radius 3 is 2.73 bits per heavy atom. The number of hydrogen-bond acceptors (Lipinski definition) is 3. The third kappa shape index (κ3) is 1.71. The van der Waals surface area contributed by atoms with Gasteiger partial charge in [-0.2, -0.15) is 0 Å². The molecular formula is C6H7BBrN3. The predicted octanol–water partition coefficient (Wildman–Crippen LogP) is 0.178. The van der Waals surface area contributed by atoms with Crippen LogP contribution >= 0.6 is 15.9 Å². The van der Waals surface area contributed by atoms with Gasteiger partial charge in [-0.3, -0.25) is 4.98 Å². The van der Waals surface area contributed by atoms with Gasteiger partial charge < -0.3 is 5.73 Å². The molecule has 0 spiro atoms. The first-order chi connectivity index (χ1) is 5.15. The lowest BCUT2D eigenvalue weighted by molar-refractivity contribution is 1.02. The van der Waals surface area contributed by atoms with Gasteiger partial charge in [-0.25, -0.2) is 4.98 Å². The zero-order valence-corrected chi connectivity index (χ0v) is 7.72. The summed E-state index contributed by atoms with van der Waals surface area (Å²) in [6.45, 7) is 1.95. The van der Waals surface area contributed by atoms with Crippen LogP contribution in [-0.4, -0.2) is 17.8 Å². The number of aromatic nitrogens is 2. The Balaban J connectivity index is 3.21. The summed E-state index contributed by atoms with van der Waals surface area (Å²) >= 11 is 3.13. The number of halogens is 1. The van der Waals surface area contributed by atoms with E-state index in [-0.39, 0.29) is 0 Å². The summed E-state index contributed by atoms with van der Waals surface area (Å²) in [5.41, 5.74) is 6.67. The standard InChI is InChI=1S/C6H7BBrN3/c1-2-3-4(7)11-5(8)6(9)10-3/h2H2,1H3,(H2,9,10). The largest absolute Gasteiger partial charge is 0.381 e. The summed E-state index contributed by atoms with van der Waals surface area (Å²) < 4.78 is 0.507. The van der Waals surface area contributed by atoms with Gasteiger partial charge in [0.25, 0.3) is 0 Å². The molecule has 0 bridgehead atoms. The number of rotatable bonds is 1. The average Bonchev–Trinajstić information content (AvgIpc) is 1.97. The molecule has 0 aromatic carbocycles. The predicted molar refractivity (Wildman–Crippen MR) is 48.9 cm³/mol. The molecule has 2 N–H and O–H groups in total. The molecule has 2 radical (unpaired) electrons. The van der Waals surface area contributed by atoms with E-state index in [0.717, 1.165) is 12.1 Å². The van der Waals surface area contributed by atoms with Gasteiger partial charge in [0.1, 0.15) is 12.4 Å². The summed E-state index contributed by atoms with van der Waals surface area (Å²) in [5.74, 6) is 0.385. The third-order valence-electron chi connectivity index (χ3n) is 1.32. The van der Waals surface area contributed by atoms with Gasteiger partial charge >= 0.3 is 0 Å². The number of hydrogen-bond donors (Lipinski definition) is 1. The van der Waals surface area contributed by atoms with Crippen LogP contribution in [0.2, 0.25) is 0 Å². The topological polar surface area (TPSA) is 51.8 Å². The van der Waals surface area contributed by atoms with Gasteiger partial charge in [0.2, 0.25) is 0 Å². The van der Waals surface area contributed by atoms with Crippen molar-refractivity contribution in [3.8, 4) is 0 Å². The monoisotopic (exact) mass is 211 g/mol. The lowest BCUT2D eigenvalue weighted by Crippen LogP contribution is -2.18. The highest BCUT2D eigenvalue weighted by molar-refractivity contribution is 9.10. The van der Waals surface area contributed by atoms with E-state index in [4.69, 9.17) is 13.6 Å². The molecular weight excluding hydrogens is 205 g/mol. The smallest absolute Gasteiger partial charge is 0.156 e. The van der Waals surface area contributed by atoms with E-state index >= 15 is 0 Å². The molecule has 0 aliphatic heterocycles. The molecule has 56 valence electrons. The Kier molecular flexibility index (Phi) is 2.49. The van der Waals surface area contributed by atoms with Crippen molar-refractivity contribution in [1.82, 2.24) is 9.97 Å². The molecule has 1 rings (SSSR count). The maximum absolute atomic E-state index is 5.54. The molecule has 1 aromatic rings. The number of aryl methyl sites for hydroxylation is 1. The van der Waals surface area contributed by atoms with Crippen LogP contribution in [0.1, 0.15) is 12.6 Å². The van der Waals surface area contributed by atoms with Crippen molar-refractivity contribution < 1.29 is 0 Å². The Labute approximate surface area is 75.0 Å². The van der Waals surface area contributed by atoms with Crippen LogP contribution in [0.25, 0.3) is 0 Å². The molecule has 1 heterocycles. The van der Waals surface area contributed by atoms with Crippen LogP contribution < -0.4 is 11.3 Å². The molecule has 0 unspecified atom stereocenters. The van der Waals surface area contributed by atoms with Crippen molar-refractivity contribution in [3.05, 3.63) is 10.3 Å². The first-order valence-corrected chi connectivity index (χ1v) is 4.01. The molecule has 11 heavy (non-hydrogen) atoms. The quantitative estimate of drug-likeness (QED) is 0.675. The van der Waals surface area contributed by atoms with E-state index in [1.165, 1.54) is 0 Å². The fourth-order valence-corrected chi connectivity index (χ4v) is 1.02. The highest BCUT2D eigenvalue weighted by atomic mass is 79.9. The van der Waals surface area contributed by atoms with Gasteiger partial charge in [0, 0.05) is 5.59 Å². The maximum Gasteiger partial charge on any atom is 0.156 e. The Morgan fingerprint density at radius 2 is 2.18 bits per heavy atom. The molecule has 1 aromatic heterocycles. The summed E-state index contributed by atoms with van der Waals surface area (Å²) in [4.78, 5) is 7.99. The van der Waals surface area contributed by atoms with E-state index in [1.807, 2.05) is 6.92 Å². The summed E-state index contributed by atoms with van der Waals surface area (Å²) in [5, 5.41) is 0. The molecule has 0 aliphatic carbocycles. The molecule has 5 heteroatoms. The number of anilines is 1. The normalized spacial score (nSPS) is 10.0. The summed E-state index contributed by atoms with van der Waals surface area (Å²) in [6, 6.07) is 0. The average molecular weight is 212 g/mol. The highest BCUT2D eigenvalue weighted by Gasteiger charge is 2.03. The molecule has 0 fully saturated rings. The Hall–Kier alpha value is -0.575. The van der Waals surface area contributed by atoms with E-state index in [0.29, 0.717) is 16.0 Å². The molecule has 0 amide bonds. The number of nitrogens with two attached hydrogens (primary N) is 1. The molecule has 0 aliphatic rings. The summed E-state index contributed by atoms with van der Waals surface area (Å²) in [7, 11) is 5.54. The van der Waals surface area contributed by atoms with Crippen molar-refractivity contribution >= 4 is 35.2 Å². The second kappa shape index (κ2) is 3.22. The second-order valence-electron chi connectivity index (χ2n) is 2.09. The van der Waals surface area contributed by atoms with Crippen molar-refractivity contribution in [2.75, 3.05) is 5.73 Å². The van der Waals surface area contributed by atoms with Crippen molar-refractivity contribution in [2.45, 2.75) is 13.3 Å². The molecule has 0 saturated carbocycles. The van der Waals surface area contributed by atoms with Crippen molar-refractivity contribution in [3.63, 3.8) is 0 Å². The first-order valence-electron chi connectivity index (χ1n) is 3.22. The third-order valence-corrected chi connectivity index (χ3v) is 1.90.